The SMILES string of the molecule is BrCCc1cccc2oc3c(c12)=CCCC=3. The fourth-order valence-electron chi connectivity index (χ4n) is 2.37. The van der Waals surface area contributed by atoms with Crippen molar-refractivity contribution in [2.24, 2.45) is 0 Å². The lowest BCUT2D eigenvalue weighted by atomic mass is 10.0. The molecule has 16 heavy (non-hydrogen) atoms. The first-order valence-electron chi connectivity index (χ1n) is 5.67. The minimum Gasteiger partial charge on any atom is -0.456 e. The molecular formula is C14H13BrO. The van der Waals surface area contributed by atoms with Crippen LogP contribution >= 0.6 is 15.9 Å². The van der Waals surface area contributed by atoms with Gasteiger partial charge >= 0.3 is 0 Å². The number of alkyl halides is 1. The second kappa shape index (κ2) is 4.10. The second-order valence-corrected chi connectivity index (χ2v) is 4.89. The van der Waals surface area contributed by atoms with Gasteiger partial charge in [0.25, 0.3) is 0 Å². The van der Waals surface area contributed by atoms with E-state index in [1.54, 1.807) is 0 Å². The lowest BCUT2D eigenvalue weighted by Gasteiger charge is -1.99. The van der Waals surface area contributed by atoms with E-state index in [1.165, 1.54) is 16.2 Å². The average molecular weight is 277 g/mol. The van der Waals surface area contributed by atoms with Crippen molar-refractivity contribution >= 4 is 39.1 Å². The van der Waals surface area contributed by atoms with Gasteiger partial charge in [-0.25, -0.2) is 0 Å². The first-order chi connectivity index (χ1) is 7.90. The highest BCUT2D eigenvalue weighted by molar-refractivity contribution is 9.09. The highest BCUT2D eigenvalue weighted by Gasteiger charge is 2.08. The zero-order chi connectivity index (χ0) is 11.0. The van der Waals surface area contributed by atoms with Crippen molar-refractivity contribution < 1.29 is 4.42 Å². The molecule has 0 fully saturated rings. The number of fused-ring (bicyclic) bond motifs is 3. The summed E-state index contributed by atoms with van der Waals surface area (Å²) in [7, 11) is 0. The number of hydrogen-bond donors (Lipinski definition) is 0. The number of halogens is 1. The van der Waals surface area contributed by atoms with E-state index in [1.807, 2.05) is 0 Å². The molecule has 82 valence electrons. The van der Waals surface area contributed by atoms with Gasteiger partial charge in [0.05, 0.1) is 0 Å². The second-order valence-electron chi connectivity index (χ2n) is 4.09. The summed E-state index contributed by atoms with van der Waals surface area (Å²) >= 11 is 3.51. The van der Waals surface area contributed by atoms with Gasteiger partial charge in [-0.15, -0.1) is 0 Å². The number of rotatable bonds is 2. The van der Waals surface area contributed by atoms with Crippen LogP contribution in [0.4, 0.5) is 0 Å². The van der Waals surface area contributed by atoms with E-state index in [4.69, 9.17) is 4.42 Å². The molecule has 0 bridgehead atoms. The van der Waals surface area contributed by atoms with Gasteiger partial charge in [-0.3, -0.25) is 0 Å². The smallest absolute Gasteiger partial charge is 0.135 e. The predicted molar refractivity (Wildman–Crippen MR) is 71.1 cm³/mol. The Morgan fingerprint density at radius 2 is 2.06 bits per heavy atom. The van der Waals surface area contributed by atoms with Crippen molar-refractivity contribution in [2.45, 2.75) is 19.3 Å². The zero-order valence-electron chi connectivity index (χ0n) is 9.00. The first-order valence-corrected chi connectivity index (χ1v) is 6.79. The van der Waals surface area contributed by atoms with Crippen molar-refractivity contribution in [1.82, 2.24) is 0 Å². The van der Waals surface area contributed by atoms with E-state index < -0.39 is 0 Å². The van der Waals surface area contributed by atoms with Crippen LogP contribution < -0.4 is 10.6 Å². The molecule has 2 aromatic rings. The minimum atomic E-state index is 0.996. The molecule has 0 atom stereocenters. The molecule has 0 amide bonds. The highest BCUT2D eigenvalue weighted by Crippen LogP contribution is 2.16. The van der Waals surface area contributed by atoms with Crippen molar-refractivity contribution in [1.29, 1.82) is 0 Å². The highest BCUT2D eigenvalue weighted by atomic mass is 79.9. The fraction of sp³-hybridized carbons (Fsp3) is 0.286. The summed E-state index contributed by atoms with van der Waals surface area (Å²) in [6, 6.07) is 6.34. The minimum absolute atomic E-state index is 0.996. The molecule has 1 nitrogen and oxygen atoms in total. The van der Waals surface area contributed by atoms with Crippen molar-refractivity contribution in [3.63, 3.8) is 0 Å². The van der Waals surface area contributed by atoms with Crippen molar-refractivity contribution in [3.05, 3.63) is 34.4 Å². The molecule has 0 N–H and O–H groups in total. The van der Waals surface area contributed by atoms with E-state index in [9.17, 15) is 0 Å². The van der Waals surface area contributed by atoms with Crippen LogP contribution in [0.1, 0.15) is 18.4 Å². The third-order valence-electron chi connectivity index (χ3n) is 3.08. The van der Waals surface area contributed by atoms with Crippen LogP contribution in [0.15, 0.2) is 22.6 Å². The largest absolute Gasteiger partial charge is 0.456 e. The number of hydrogen-bond acceptors (Lipinski definition) is 1. The molecule has 1 aromatic carbocycles. The Kier molecular flexibility index (Phi) is 2.60. The third kappa shape index (κ3) is 1.52. The van der Waals surface area contributed by atoms with Crippen molar-refractivity contribution in [2.75, 3.05) is 5.33 Å². The quantitative estimate of drug-likeness (QED) is 0.769. The van der Waals surface area contributed by atoms with E-state index in [0.717, 1.165) is 35.6 Å². The molecule has 3 rings (SSSR count). The van der Waals surface area contributed by atoms with E-state index >= 15 is 0 Å². The van der Waals surface area contributed by atoms with Crippen molar-refractivity contribution in [3.8, 4) is 0 Å². The summed E-state index contributed by atoms with van der Waals surface area (Å²) in [6.07, 6.45) is 7.79. The maximum absolute atomic E-state index is 5.88. The van der Waals surface area contributed by atoms with Gasteiger partial charge in [0, 0.05) is 15.9 Å². The van der Waals surface area contributed by atoms with Gasteiger partial charge in [-0.2, -0.15) is 0 Å². The van der Waals surface area contributed by atoms with Gasteiger partial charge in [-0.05, 0) is 37.0 Å². The van der Waals surface area contributed by atoms with Gasteiger partial charge in [0.1, 0.15) is 11.0 Å². The number of furan rings is 1. The lowest BCUT2D eigenvalue weighted by Crippen LogP contribution is -2.22. The lowest BCUT2D eigenvalue weighted by molar-refractivity contribution is 0.571. The first kappa shape index (κ1) is 10.2. The topological polar surface area (TPSA) is 13.1 Å². The monoisotopic (exact) mass is 276 g/mol. The summed E-state index contributed by atoms with van der Waals surface area (Å²) < 4.78 is 5.88. The van der Waals surface area contributed by atoms with Crippen LogP contribution in [0, 0.1) is 0 Å². The Morgan fingerprint density at radius 3 is 2.94 bits per heavy atom. The van der Waals surface area contributed by atoms with E-state index in [-0.39, 0.29) is 0 Å². The Bertz CT molecular complexity index is 637. The van der Waals surface area contributed by atoms with Gasteiger partial charge in [-0.1, -0.05) is 34.1 Å². The molecule has 1 heterocycles. The molecule has 1 aromatic heterocycles. The van der Waals surface area contributed by atoms with E-state index in [2.05, 4.69) is 46.3 Å². The molecule has 0 aliphatic heterocycles. The summed E-state index contributed by atoms with van der Waals surface area (Å²) in [5.41, 5.74) is 3.46. The van der Waals surface area contributed by atoms with Crippen LogP contribution in [0.5, 0.6) is 0 Å². The molecule has 0 unspecified atom stereocenters. The molecular weight excluding hydrogens is 264 g/mol. The molecule has 1 aliphatic carbocycles. The maximum Gasteiger partial charge on any atom is 0.135 e. The van der Waals surface area contributed by atoms with Crippen LogP contribution in [-0.4, -0.2) is 5.33 Å². The van der Waals surface area contributed by atoms with Crippen LogP contribution in [-0.2, 0) is 6.42 Å². The molecule has 2 heteroatoms. The van der Waals surface area contributed by atoms with Gasteiger partial charge in [0.15, 0.2) is 0 Å². The Balaban J connectivity index is 2.42. The normalized spacial score (nSPS) is 14.3. The standard InChI is InChI=1S/C14H13BrO/c15-9-8-10-4-3-7-13-14(10)11-5-1-2-6-12(11)16-13/h3-7H,1-2,8-9H2. The van der Waals surface area contributed by atoms with Crippen LogP contribution in [0.25, 0.3) is 23.1 Å². The predicted octanol–water partition coefficient (Wildman–Crippen LogP) is 2.73. The van der Waals surface area contributed by atoms with Crippen LogP contribution in [0.2, 0.25) is 0 Å². The molecule has 0 saturated heterocycles. The number of aryl methyl sites for hydroxylation is 1. The van der Waals surface area contributed by atoms with Gasteiger partial charge < -0.3 is 4.42 Å². The zero-order valence-corrected chi connectivity index (χ0v) is 10.6. The third-order valence-corrected chi connectivity index (χ3v) is 3.47. The molecule has 0 spiro atoms. The molecule has 0 radical (unpaired) electrons. The van der Waals surface area contributed by atoms with E-state index in [0.29, 0.717) is 0 Å². The maximum atomic E-state index is 5.88. The van der Waals surface area contributed by atoms with Gasteiger partial charge in [0.2, 0.25) is 0 Å². The Morgan fingerprint density at radius 1 is 1.19 bits per heavy atom. The summed E-state index contributed by atoms with van der Waals surface area (Å²) in [5.74, 6) is 0. The summed E-state index contributed by atoms with van der Waals surface area (Å²) in [5, 5.41) is 3.61. The summed E-state index contributed by atoms with van der Waals surface area (Å²) in [6.45, 7) is 0. The fourth-order valence-corrected chi connectivity index (χ4v) is 2.80. The van der Waals surface area contributed by atoms with Crippen LogP contribution in [0.3, 0.4) is 0 Å². The summed E-state index contributed by atoms with van der Waals surface area (Å²) in [4.78, 5) is 0. The Hall–Kier alpha value is -1.02. The molecule has 0 saturated carbocycles. The Labute approximate surface area is 103 Å². The molecule has 1 aliphatic rings. The average Bonchev–Trinajstić information content (AvgIpc) is 2.68. The number of benzene rings is 1.